The van der Waals surface area contributed by atoms with Crippen molar-refractivity contribution in [2.75, 3.05) is 7.11 Å². The van der Waals surface area contributed by atoms with Crippen molar-refractivity contribution < 1.29 is 9.53 Å². The molecule has 5 atom stereocenters. The third kappa shape index (κ3) is 2.35. The molecule has 0 aromatic carbocycles. The van der Waals surface area contributed by atoms with E-state index in [1.807, 2.05) is 0 Å². The van der Waals surface area contributed by atoms with Crippen LogP contribution in [0.3, 0.4) is 0 Å². The molecule has 2 fully saturated rings. The maximum Gasteiger partial charge on any atom is 0.305 e. The van der Waals surface area contributed by atoms with Gasteiger partial charge in [-0.1, -0.05) is 32.4 Å². The predicted molar refractivity (Wildman–Crippen MR) is 84.8 cm³/mol. The van der Waals surface area contributed by atoms with Crippen LogP contribution in [0.25, 0.3) is 0 Å². The lowest BCUT2D eigenvalue weighted by Gasteiger charge is -2.61. The Morgan fingerprint density at radius 3 is 2.76 bits per heavy atom. The molecule has 0 radical (unpaired) electrons. The van der Waals surface area contributed by atoms with Crippen LogP contribution in [0.1, 0.15) is 65.2 Å². The molecule has 0 saturated heterocycles. The maximum atomic E-state index is 11.8. The van der Waals surface area contributed by atoms with Gasteiger partial charge in [0.05, 0.1) is 7.11 Å². The molecular weight excluding hydrogens is 260 g/mol. The summed E-state index contributed by atoms with van der Waals surface area (Å²) in [5.74, 6) is 2.04. The van der Waals surface area contributed by atoms with Gasteiger partial charge in [0, 0.05) is 6.42 Å². The van der Waals surface area contributed by atoms with E-state index in [9.17, 15) is 4.79 Å². The Kier molecular flexibility index (Phi) is 3.92. The number of hydrogen-bond donors (Lipinski definition) is 0. The summed E-state index contributed by atoms with van der Waals surface area (Å²) in [5.41, 5.74) is 0.791. The van der Waals surface area contributed by atoms with Crippen molar-refractivity contribution >= 4 is 5.97 Å². The monoisotopic (exact) mass is 290 g/mol. The van der Waals surface area contributed by atoms with Gasteiger partial charge in [-0.25, -0.2) is 0 Å². The number of ether oxygens (including phenoxy) is 1. The molecule has 0 aliphatic heterocycles. The molecule has 0 N–H and O–H groups in total. The van der Waals surface area contributed by atoms with E-state index in [0.717, 1.165) is 11.8 Å². The summed E-state index contributed by atoms with van der Waals surface area (Å²) >= 11 is 0. The Morgan fingerprint density at radius 1 is 1.19 bits per heavy atom. The molecule has 2 heteroatoms. The summed E-state index contributed by atoms with van der Waals surface area (Å²) in [6.45, 7) is 5.01. The number of allylic oxidation sites excluding steroid dienone is 2. The molecule has 118 valence electrons. The van der Waals surface area contributed by atoms with Crippen molar-refractivity contribution in [3.8, 4) is 0 Å². The van der Waals surface area contributed by atoms with Gasteiger partial charge >= 0.3 is 5.97 Å². The van der Waals surface area contributed by atoms with E-state index >= 15 is 0 Å². The lowest BCUT2D eigenvalue weighted by molar-refractivity contribution is -0.149. The van der Waals surface area contributed by atoms with E-state index in [1.165, 1.54) is 52.1 Å². The number of carbonyl (C=O) groups is 1. The van der Waals surface area contributed by atoms with Crippen LogP contribution in [0.15, 0.2) is 12.2 Å². The molecule has 3 aliphatic rings. The first kappa shape index (κ1) is 15.1. The maximum absolute atomic E-state index is 11.8. The normalized spacial score (nSPS) is 45.6. The number of carbonyl (C=O) groups excluding carboxylic acids is 1. The quantitative estimate of drug-likeness (QED) is 0.542. The molecule has 0 aromatic rings. The van der Waals surface area contributed by atoms with Crippen molar-refractivity contribution in [2.45, 2.75) is 65.2 Å². The van der Waals surface area contributed by atoms with Gasteiger partial charge in [0.15, 0.2) is 0 Å². The number of fused-ring (bicyclic) bond motifs is 3. The highest BCUT2D eigenvalue weighted by atomic mass is 16.5. The SMILES string of the molecule is COC(=O)CC1CCCC2C3(C)CCC=CC3CCC12C. The highest BCUT2D eigenvalue weighted by molar-refractivity contribution is 5.69. The van der Waals surface area contributed by atoms with E-state index in [4.69, 9.17) is 4.74 Å². The van der Waals surface area contributed by atoms with Gasteiger partial charge in [0.2, 0.25) is 0 Å². The summed E-state index contributed by atoms with van der Waals surface area (Å²) in [6, 6.07) is 0. The van der Waals surface area contributed by atoms with E-state index in [1.54, 1.807) is 0 Å². The van der Waals surface area contributed by atoms with Gasteiger partial charge in [0.25, 0.3) is 0 Å². The molecule has 0 bridgehead atoms. The van der Waals surface area contributed by atoms with Crippen LogP contribution in [0.2, 0.25) is 0 Å². The van der Waals surface area contributed by atoms with Gasteiger partial charge in [0.1, 0.15) is 0 Å². The fourth-order valence-corrected chi connectivity index (χ4v) is 5.98. The van der Waals surface area contributed by atoms with Gasteiger partial charge in [-0.3, -0.25) is 4.79 Å². The molecule has 5 unspecified atom stereocenters. The minimum atomic E-state index is -0.0160. The highest BCUT2D eigenvalue weighted by Gasteiger charge is 2.56. The topological polar surface area (TPSA) is 26.3 Å². The minimum absolute atomic E-state index is 0.0160. The molecule has 0 amide bonds. The molecule has 2 nitrogen and oxygen atoms in total. The third-order valence-electron chi connectivity index (χ3n) is 7.27. The van der Waals surface area contributed by atoms with Gasteiger partial charge < -0.3 is 4.74 Å². The first-order valence-electron chi connectivity index (χ1n) is 8.74. The second-order valence-electron chi connectivity index (χ2n) is 8.08. The number of rotatable bonds is 2. The van der Waals surface area contributed by atoms with E-state index in [2.05, 4.69) is 26.0 Å². The fourth-order valence-electron chi connectivity index (χ4n) is 5.98. The van der Waals surface area contributed by atoms with E-state index in [0.29, 0.717) is 23.2 Å². The Balaban J connectivity index is 1.88. The zero-order chi connectivity index (χ0) is 15.1. The van der Waals surface area contributed by atoms with Crippen molar-refractivity contribution in [3.05, 3.63) is 12.2 Å². The highest BCUT2D eigenvalue weighted by Crippen LogP contribution is 2.64. The molecule has 0 spiro atoms. The van der Waals surface area contributed by atoms with Crippen LogP contribution >= 0.6 is 0 Å². The minimum Gasteiger partial charge on any atom is -0.469 e. The predicted octanol–water partition coefficient (Wildman–Crippen LogP) is 4.74. The molecule has 3 aliphatic carbocycles. The van der Waals surface area contributed by atoms with Crippen LogP contribution < -0.4 is 0 Å². The van der Waals surface area contributed by atoms with Crippen molar-refractivity contribution in [1.82, 2.24) is 0 Å². The van der Waals surface area contributed by atoms with Gasteiger partial charge in [-0.2, -0.15) is 0 Å². The van der Waals surface area contributed by atoms with Crippen molar-refractivity contribution in [2.24, 2.45) is 28.6 Å². The molecule has 0 heterocycles. The summed E-state index contributed by atoms with van der Waals surface area (Å²) < 4.78 is 4.96. The standard InChI is InChI=1S/C19H30O2/c1-18-11-5-4-7-14(18)10-12-19(2)15(13-17(20)21-3)8-6-9-16(18)19/h4,7,14-16H,5-6,8-13H2,1-3H3. The van der Waals surface area contributed by atoms with Crippen LogP contribution in [0.4, 0.5) is 0 Å². The smallest absolute Gasteiger partial charge is 0.305 e. The van der Waals surface area contributed by atoms with E-state index < -0.39 is 0 Å². The van der Waals surface area contributed by atoms with Crippen LogP contribution in [-0.2, 0) is 9.53 Å². The average Bonchev–Trinajstić information content (AvgIpc) is 2.48. The van der Waals surface area contributed by atoms with Crippen LogP contribution in [0, 0.1) is 28.6 Å². The third-order valence-corrected chi connectivity index (χ3v) is 7.27. The number of hydrogen-bond acceptors (Lipinski definition) is 2. The van der Waals surface area contributed by atoms with Crippen molar-refractivity contribution in [1.29, 1.82) is 0 Å². The summed E-state index contributed by atoms with van der Waals surface area (Å²) in [5, 5.41) is 0. The molecule has 3 rings (SSSR count). The van der Waals surface area contributed by atoms with E-state index in [-0.39, 0.29) is 5.97 Å². The lowest BCUT2D eigenvalue weighted by atomic mass is 9.43. The fraction of sp³-hybridized carbons (Fsp3) is 0.842. The van der Waals surface area contributed by atoms with Gasteiger partial charge in [-0.15, -0.1) is 0 Å². The summed E-state index contributed by atoms with van der Waals surface area (Å²) in [4.78, 5) is 11.8. The van der Waals surface area contributed by atoms with Crippen LogP contribution in [0.5, 0.6) is 0 Å². The molecule has 21 heavy (non-hydrogen) atoms. The van der Waals surface area contributed by atoms with Gasteiger partial charge in [-0.05, 0) is 67.1 Å². The largest absolute Gasteiger partial charge is 0.469 e. The second-order valence-corrected chi connectivity index (χ2v) is 8.08. The number of esters is 1. The van der Waals surface area contributed by atoms with Crippen LogP contribution in [-0.4, -0.2) is 13.1 Å². The lowest BCUT2D eigenvalue weighted by Crippen LogP contribution is -2.54. The zero-order valence-electron chi connectivity index (χ0n) is 13.9. The first-order chi connectivity index (χ1) is 10.0. The van der Waals surface area contributed by atoms with Crippen molar-refractivity contribution in [3.63, 3.8) is 0 Å². The summed E-state index contributed by atoms with van der Waals surface area (Å²) in [6.07, 6.45) is 14.5. The second kappa shape index (κ2) is 5.44. The molecule has 2 saturated carbocycles. The molecular formula is C19H30O2. The zero-order valence-corrected chi connectivity index (χ0v) is 13.9. The average molecular weight is 290 g/mol. The Labute approximate surface area is 129 Å². The Bertz CT molecular complexity index is 441. The summed E-state index contributed by atoms with van der Waals surface area (Å²) in [7, 11) is 1.52. The molecule has 0 aromatic heterocycles. The number of methoxy groups -OCH3 is 1. The first-order valence-corrected chi connectivity index (χ1v) is 8.74. The Morgan fingerprint density at radius 2 is 2.00 bits per heavy atom. The Hall–Kier alpha value is -0.790.